The predicted molar refractivity (Wildman–Crippen MR) is 61.6 cm³/mol. The van der Waals surface area contributed by atoms with E-state index >= 15 is 0 Å². The molecule has 0 saturated heterocycles. The lowest BCUT2D eigenvalue weighted by Gasteiger charge is -2.03. The first-order chi connectivity index (χ1) is 7.29. The molecule has 0 aliphatic heterocycles. The van der Waals surface area contributed by atoms with Crippen molar-refractivity contribution in [3.63, 3.8) is 0 Å². The zero-order valence-corrected chi connectivity index (χ0v) is 10.1. The fourth-order valence-corrected chi connectivity index (χ4v) is 2.31. The molecule has 0 spiro atoms. The van der Waals surface area contributed by atoms with Gasteiger partial charge in [0.2, 0.25) is 0 Å². The van der Waals surface area contributed by atoms with Gasteiger partial charge in [-0.25, -0.2) is 9.97 Å². The topological polar surface area (TPSA) is 35.0 Å². The highest BCUT2D eigenvalue weighted by atomic mass is 35.5. The quantitative estimate of drug-likeness (QED) is 0.453. The van der Waals surface area contributed by atoms with Crippen LogP contribution in [0.2, 0.25) is 5.15 Å². The van der Waals surface area contributed by atoms with Crippen LogP contribution in [0.15, 0.2) is 11.1 Å². The molecule has 1 aliphatic rings. The minimum Gasteiger partial charge on any atom is -0.384 e. The third kappa shape index (κ3) is 3.33. The van der Waals surface area contributed by atoms with Crippen molar-refractivity contribution in [3.8, 4) is 0 Å². The average molecular weight is 245 g/mol. The lowest BCUT2D eigenvalue weighted by Crippen LogP contribution is -1.97. The van der Waals surface area contributed by atoms with E-state index in [9.17, 15) is 0 Å². The van der Waals surface area contributed by atoms with Gasteiger partial charge in [0, 0.05) is 24.8 Å². The summed E-state index contributed by atoms with van der Waals surface area (Å²) < 4.78 is 4.99. The summed E-state index contributed by atoms with van der Waals surface area (Å²) in [5.74, 6) is 2.35. The summed E-state index contributed by atoms with van der Waals surface area (Å²) >= 11 is 7.60. The van der Waals surface area contributed by atoms with Crippen LogP contribution in [-0.4, -0.2) is 29.4 Å². The molecule has 1 aliphatic carbocycles. The molecule has 0 bridgehead atoms. The Balaban J connectivity index is 2.02. The van der Waals surface area contributed by atoms with Gasteiger partial charge in [0.1, 0.15) is 16.0 Å². The third-order valence-electron chi connectivity index (χ3n) is 2.17. The highest BCUT2D eigenvalue weighted by molar-refractivity contribution is 7.99. The number of halogens is 1. The first-order valence-electron chi connectivity index (χ1n) is 4.96. The second kappa shape index (κ2) is 5.14. The Morgan fingerprint density at radius 3 is 3.00 bits per heavy atom. The minimum absolute atomic E-state index is 0.547. The van der Waals surface area contributed by atoms with E-state index in [0.29, 0.717) is 11.1 Å². The van der Waals surface area contributed by atoms with Crippen LogP contribution in [0.25, 0.3) is 0 Å². The van der Waals surface area contributed by atoms with Gasteiger partial charge in [0.25, 0.3) is 0 Å². The zero-order valence-electron chi connectivity index (χ0n) is 8.57. The van der Waals surface area contributed by atoms with Crippen molar-refractivity contribution in [1.29, 1.82) is 0 Å². The molecule has 3 nitrogen and oxygen atoms in total. The average Bonchev–Trinajstić information content (AvgIpc) is 3.00. The number of rotatable bonds is 5. The van der Waals surface area contributed by atoms with E-state index in [0.717, 1.165) is 23.2 Å². The molecule has 0 radical (unpaired) electrons. The van der Waals surface area contributed by atoms with Gasteiger partial charge in [-0.2, -0.15) is 0 Å². The second-order valence-electron chi connectivity index (χ2n) is 3.50. The minimum atomic E-state index is 0.547. The molecular formula is C10H13ClN2OS. The van der Waals surface area contributed by atoms with Crippen LogP contribution in [0, 0.1) is 0 Å². The summed E-state index contributed by atoms with van der Waals surface area (Å²) in [5, 5.41) is 1.50. The molecule has 5 heteroatoms. The number of methoxy groups -OCH3 is 1. The highest BCUT2D eigenvalue weighted by Crippen LogP contribution is 2.39. The lowest BCUT2D eigenvalue weighted by atomic mass is 10.4. The van der Waals surface area contributed by atoms with Crippen LogP contribution in [0.1, 0.15) is 24.6 Å². The maximum Gasteiger partial charge on any atom is 0.134 e. The van der Waals surface area contributed by atoms with Gasteiger partial charge in [0.15, 0.2) is 0 Å². The van der Waals surface area contributed by atoms with Crippen molar-refractivity contribution in [2.75, 3.05) is 19.5 Å². The molecule has 0 unspecified atom stereocenters. The summed E-state index contributed by atoms with van der Waals surface area (Å²) in [6.07, 6.45) is 2.39. The number of hydrogen-bond donors (Lipinski definition) is 0. The van der Waals surface area contributed by atoms with Gasteiger partial charge < -0.3 is 4.74 Å². The first-order valence-corrected chi connectivity index (χ1v) is 6.32. The molecule has 0 atom stereocenters. The van der Waals surface area contributed by atoms with E-state index in [2.05, 4.69) is 9.97 Å². The molecule has 1 fully saturated rings. The predicted octanol–water partition coefficient (Wildman–Crippen LogP) is 2.75. The number of aromatic nitrogens is 2. The van der Waals surface area contributed by atoms with Crippen molar-refractivity contribution in [1.82, 2.24) is 9.97 Å². The largest absolute Gasteiger partial charge is 0.384 e. The molecule has 1 aromatic rings. The molecule has 82 valence electrons. The van der Waals surface area contributed by atoms with Gasteiger partial charge >= 0.3 is 0 Å². The van der Waals surface area contributed by atoms with Gasteiger partial charge in [-0.15, -0.1) is 11.8 Å². The molecule has 0 N–H and O–H groups in total. The van der Waals surface area contributed by atoms with Gasteiger partial charge in [-0.1, -0.05) is 11.6 Å². The van der Waals surface area contributed by atoms with Crippen molar-refractivity contribution in [2.45, 2.75) is 23.8 Å². The molecule has 15 heavy (non-hydrogen) atoms. The van der Waals surface area contributed by atoms with E-state index < -0.39 is 0 Å². The second-order valence-corrected chi connectivity index (χ2v) is 5.01. The number of hydrogen-bond acceptors (Lipinski definition) is 4. The monoisotopic (exact) mass is 244 g/mol. The SMILES string of the molecule is COCCSc1cc(Cl)nc(C2CC2)n1. The fourth-order valence-electron chi connectivity index (χ4n) is 1.24. The van der Waals surface area contributed by atoms with Crippen LogP contribution in [0.4, 0.5) is 0 Å². The van der Waals surface area contributed by atoms with Gasteiger partial charge in [-0.3, -0.25) is 0 Å². The molecule has 1 saturated carbocycles. The van der Waals surface area contributed by atoms with E-state index in [1.807, 2.05) is 6.07 Å². The van der Waals surface area contributed by atoms with Crippen LogP contribution in [0.3, 0.4) is 0 Å². The maximum atomic E-state index is 5.94. The summed E-state index contributed by atoms with van der Waals surface area (Å²) in [6.45, 7) is 0.727. The van der Waals surface area contributed by atoms with Crippen molar-refractivity contribution in [2.24, 2.45) is 0 Å². The van der Waals surface area contributed by atoms with Gasteiger partial charge in [0.05, 0.1) is 6.61 Å². The van der Waals surface area contributed by atoms with Crippen molar-refractivity contribution in [3.05, 3.63) is 17.0 Å². The number of thioether (sulfide) groups is 1. The summed E-state index contributed by atoms with van der Waals surface area (Å²) in [4.78, 5) is 8.71. The Labute approximate surface area is 98.6 Å². The van der Waals surface area contributed by atoms with Gasteiger partial charge in [-0.05, 0) is 12.8 Å². The normalized spacial score (nSPS) is 15.6. The Kier molecular flexibility index (Phi) is 3.83. The van der Waals surface area contributed by atoms with Crippen molar-refractivity contribution >= 4 is 23.4 Å². The Morgan fingerprint density at radius 2 is 2.33 bits per heavy atom. The maximum absolute atomic E-state index is 5.94. The number of ether oxygens (including phenoxy) is 1. The highest BCUT2D eigenvalue weighted by Gasteiger charge is 2.27. The Hall–Kier alpha value is -0.320. The van der Waals surface area contributed by atoms with E-state index in [1.54, 1.807) is 18.9 Å². The number of nitrogens with zero attached hydrogens (tertiary/aromatic N) is 2. The van der Waals surface area contributed by atoms with Crippen LogP contribution < -0.4 is 0 Å². The molecular weight excluding hydrogens is 232 g/mol. The molecule has 2 rings (SSSR count). The Bertz CT molecular complexity index is 344. The fraction of sp³-hybridized carbons (Fsp3) is 0.600. The van der Waals surface area contributed by atoms with Crippen LogP contribution in [0.5, 0.6) is 0 Å². The molecule has 0 aromatic carbocycles. The molecule has 1 heterocycles. The van der Waals surface area contributed by atoms with Crippen molar-refractivity contribution < 1.29 is 4.74 Å². The molecule has 1 aromatic heterocycles. The first kappa shape index (κ1) is 11.2. The third-order valence-corrected chi connectivity index (χ3v) is 3.24. The van der Waals surface area contributed by atoms with E-state index in [1.165, 1.54) is 12.8 Å². The smallest absolute Gasteiger partial charge is 0.134 e. The van der Waals surface area contributed by atoms with E-state index in [-0.39, 0.29) is 0 Å². The Morgan fingerprint density at radius 1 is 1.53 bits per heavy atom. The zero-order chi connectivity index (χ0) is 10.7. The summed E-state index contributed by atoms with van der Waals surface area (Å²) in [7, 11) is 1.70. The van der Waals surface area contributed by atoms with Crippen LogP contribution >= 0.6 is 23.4 Å². The molecule has 0 amide bonds. The van der Waals surface area contributed by atoms with E-state index in [4.69, 9.17) is 16.3 Å². The summed E-state index contributed by atoms with van der Waals surface area (Å²) in [6, 6.07) is 1.81. The summed E-state index contributed by atoms with van der Waals surface area (Å²) in [5.41, 5.74) is 0. The standard InChI is InChI=1S/C10H13ClN2OS/c1-14-4-5-15-9-6-8(11)12-10(13-9)7-2-3-7/h6-7H,2-5H2,1H3. The lowest BCUT2D eigenvalue weighted by molar-refractivity contribution is 0.218. The van der Waals surface area contributed by atoms with Crippen LogP contribution in [-0.2, 0) is 4.74 Å².